The summed E-state index contributed by atoms with van der Waals surface area (Å²) < 4.78 is 7.85. The SMILES string of the molecule is CCn1nc(C)c(Cl)c1COc1cc(C)ccc1[C@H](C)N. The van der Waals surface area contributed by atoms with E-state index in [2.05, 4.69) is 5.10 Å². The van der Waals surface area contributed by atoms with Crippen molar-refractivity contribution in [2.75, 3.05) is 0 Å². The highest BCUT2D eigenvalue weighted by molar-refractivity contribution is 6.31. The van der Waals surface area contributed by atoms with Gasteiger partial charge in [0, 0.05) is 18.2 Å². The van der Waals surface area contributed by atoms with Crippen LogP contribution in [-0.2, 0) is 13.2 Å². The molecule has 0 spiro atoms. The van der Waals surface area contributed by atoms with Crippen molar-refractivity contribution in [2.24, 2.45) is 5.73 Å². The maximum absolute atomic E-state index is 6.30. The standard InChI is InChI=1S/C16H22ClN3O/c1-5-20-14(16(17)12(4)19-20)9-21-15-8-10(2)6-7-13(15)11(3)18/h6-8,11H,5,9,18H2,1-4H3/t11-/m0/s1. The van der Waals surface area contributed by atoms with Gasteiger partial charge >= 0.3 is 0 Å². The van der Waals surface area contributed by atoms with E-state index in [1.165, 1.54) is 0 Å². The average Bonchev–Trinajstić information content (AvgIpc) is 2.71. The van der Waals surface area contributed by atoms with Crippen molar-refractivity contribution in [3.63, 3.8) is 0 Å². The van der Waals surface area contributed by atoms with Crippen molar-refractivity contribution in [1.82, 2.24) is 9.78 Å². The summed E-state index contributed by atoms with van der Waals surface area (Å²) in [5, 5.41) is 5.07. The number of rotatable bonds is 5. The van der Waals surface area contributed by atoms with Crippen LogP contribution in [0.5, 0.6) is 5.75 Å². The molecule has 0 fully saturated rings. The van der Waals surface area contributed by atoms with Gasteiger partial charge in [0.25, 0.3) is 0 Å². The van der Waals surface area contributed by atoms with Crippen LogP contribution in [0.1, 0.15) is 42.4 Å². The van der Waals surface area contributed by atoms with E-state index >= 15 is 0 Å². The van der Waals surface area contributed by atoms with Crippen LogP contribution in [0.4, 0.5) is 0 Å². The Bertz CT molecular complexity index is 635. The second-order valence-corrected chi connectivity index (χ2v) is 5.66. The molecule has 4 nitrogen and oxygen atoms in total. The van der Waals surface area contributed by atoms with Gasteiger partial charge in [-0.1, -0.05) is 23.7 Å². The minimum absolute atomic E-state index is 0.0751. The van der Waals surface area contributed by atoms with Crippen molar-refractivity contribution >= 4 is 11.6 Å². The normalized spacial score (nSPS) is 12.5. The molecule has 21 heavy (non-hydrogen) atoms. The largest absolute Gasteiger partial charge is 0.487 e. The van der Waals surface area contributed by atoms with Crippen LogP contribution in [0.15, 0.2) is 18.2 Å². The van der Waals surface area contributed by atoms with Gasteiger partial charge in [0.15, 0.2) is 0 Å². The maximum Gasteiger partial charge on any atom is 0.131 e. The Morgan fingerprint density at radius 1 is 1.38 bits per heavy atom. The van der Waals surface area contributed by atoms with Crippen molar-refractivity contribution in [2.45, 2.75) is 46.9 Å². The fourth-order valence-corrected chi connectivity index (χ4v) is 2.49. The van der Waals surface area contributed by atoms with Gasteiger partial charge in [-0.2, -0.15) is 5.10 Å². The maximum atomic E-state index is 6.30. The number of hydrogen-bond acceptors (Lipinski definition) is 3. The average molecular weight is 308 g/mol. The minimum Gasteiger partial charge on any atom is -0.487 e. The number of nitrogens with zero attached hydrogens (tertiary/aromatic N) is 2. The number of aryl methyl sites for hydroxylation is 3. The molecule has 0 unspecified atom stereocenters. The van der Waals surface area contributed by atoms with Crippen molar-refractivity contribution in [1.29, 1.82) is 0 Å². The highest BCUT2D eigenvalue weighted by Gasteiger charge is 2.15. The van der Waals surface area contributed by atoms with E-state index in [4.69, 9.17) is 22.1 Å². The van der Waals surface area contributed by atoms with Gasteiger partial charge in [0.2, 0.25) is 0 Å². The first-order valence-corrected chi connectivity index (χ1v) is 7.52. The van der Waals surface area contributed by atoms with E-state index in [0.717, 1.165) is 34.8 Å². The van der Waals surface area contributed by atoms with Gasteiger partial charge in [0.1, 0.15) is 12.4 Å². The van der Waals surface area contributed by atoms with Gasteiger partial charge in [0.05, 0.1) is 16.4 Å². The second-order valence-electron chi connectivity index (χ2n) is 5.28. The topological polar surface area (TPSA) is 53.1 Å². The molecule has 0 saturated heterocycles. The first-order chi connectivity index (χ1) is 9.93. The van der Waals surface area contributed by atoms with Crippen LogP contribution >= 0.6 is 11.6 Å². The Labute approximate surface area is 130 Å². The highest BCUT2D eigenvalue weighted by Crippen LogP contribution is 2.27. The molecule has 2 N–H and O–H groups in total. The summed E-state index contributed by atoms with van der Waals surface area (Å²) in [6.07, 6.45) is 0. The third kappa shape index (κ3) is 3.39. The third-order valence-corrected chi connectivity index (χ3v) is 3.97. The molecule has 0 amide bonds. The zero-order chi connectivity index (χ0) is 15.6. The highest BCUT2D eigenvalue weighted by atomic mass is 35.5. The first-order valence-electron chi connectivity index (χ1n) is 7.14. The van der Waals surface area contributed by atoms with Crippen LogP contribution in [-0.4, -0.2) is 9.78 Å². The number of aromatic nitrogens is 2. The molecule has 0 aliphatic heterocycles. The number of nitrogens with two attached hydrogens (primary N) is 1. The lowest BCUT2D eigenvalue weighted by Crippen LogP contribution is -2.10. The molecule has 2 rings (SSSR count). The summed E-state index contributed by atoms with van der Waals surface area (Å²) in [5.41, 5.74) is 9.86. The smallest absolute Gasteiger partial charge is 0.131 e. The minimum atomic E-state index is -0.0751. The number of ether oxygens (including phenoxy) is 1. The Balaban J connectivity index is 2.26. The third-order valence-electron chi connectivity index (χ3n) is 3.48. The van der Waals surface area contributed by atoms with Crippen molar-refractivity contribution in [3.05, 3.63) is 45.7 Å². The van der Waals surface area contributed by atoms with Gasteiger partial charge < -0.3 is 10.5 Å². The van der Waals surface area contributed by atoms with Gasteiger partial charge in [-0.3, -0.25) is 4.68 Å². The molecule has 0 saturated carbocycles. The van der Waals surface area contributed by atoms with E-state index in [-0.39, 0.29) is 6.04 Å². The fraction of sp³-hybridized carbons (Fsp3) is 0.438. The van der Waals surface area contributed by atoms with Gasteiger partial charge in [-0.15, -0.1) is 0 Å². The number of hydrogen-bond donors (Lipinski definition) is 1. The van der Waals surface area contributed by atoms with E-state index < -0.39 is 0 Å². The summed E-state index contributed by atoms with van der Waals surface area (Å²) >= 11 is 6.30. The summed E-state index contributed by atoms with van der Waals surface area (Å²) in [5.74, 6) is 0.808. The molecule has 1 heterocycles. The molecule has 1 atom stereocenters. The Hall–Kier alpha value is -1.52. The lowest BCUT2D eigenvalue weighted by molar-refractivity contribution is 0.288. The molecule has 2 aromatic rings. The van der Waals surface area contributed by atoms with Crippen LogP contribution in [0.3, 0.4) is 0 Å². The molecule has 114 valence electrons. The van der Waals surface area contributed by atoms with E-state index in [9.17, 15) is 0 Å². The molecule has 1 aromatic heterocycles. The van der Waals surface area contributed by atoms with E-state index in [1.54, 1.807) is 0 Å². The fourth-order valence-electron chi connectivity index (χ4n) is 2.30. The van der Waals surface area contributed by atoms with Crippen LogP contribution in [0.25, 0.3) is 0 Å². The second kappa shape index (κ2) is 6.50. The zero-order valence-corrected chi connectivity index (χ0v) is 13.7. The molecule has 5 heteroatoms. The Kier molecular flexibility index (Phi) is 4.91. The summed E-state index contributed by atoms with van der Waals surface area (Å²) in [4.78, 5) is 0. The van der Waals surface area contributed by atoms with Gasteiger partial charge in [-0.05, 0) is 39.3 Å². The molecular weight excluding hydrogens is 286 g/mol. The molecule has 1 aromatic carbocycles. The molecule has 0 bridgehead atoms. The lowest BCUT2D eigenvalue weighted by atomic mass is 10.1. The van der Waals surface area contributed by atoms with Crippen LogP contribution in [0, 0.1) is 13.8 Å². The summed E-state index contributed by atoms with van der Waals surface area (Å²) in [7, 11) is 0. The lowest BCUT2D eigenvalue weighted by Gasteiger charge is -2.15. The van der Waals surface area contributed by atoms with Crippen LogP contribution in [0.2, 0.25) is 5.02 Å². The molecule has 0 aliphatic rings. The van der Waals surface area contributed by atoms with Crippen molar-refractivity contribution < 1.29 is 4.74 Å². The van der Waals surface area contributed by atoms with Gasteiger partial charge in [-0.25, -0.2) is 0 Å². The Morgan fingerprint density at radius 2 is 2.10 bits per heavy atom. The number of benzene rings is 1. The van der Waals surface area contributed by atoms with E-state index in [0.29, 0.717) is 11.6 Å². The molecular formula is C16H22ClN3O. The summed E-state index contributed by atoms with van der Waals surface area (Å²) in [6, 6.07) is 5.98. The zero-order valence-electron chi connectivity index (χ0n) is 13.0. The summed E-state index contributed by atoms with van der Waals surface area (Å²) in [6.45, 7) is 9.07. The van der Waals surface area contributed by atoms with Crippen LogP contribution < -0.4 is 10.5 Å². The molecule has 0 aliphatic carbocycles. The quantitative estimate of drug-likeness (QED) is 0.914. The van der Waals surface area contributed by atoms with E-state index in [1.807, 2.05) is 50.6 Å². The first kappa shape index (κ1) is 15.9. The van der Waals surface area contributed by atoms with Crippen molar-refractivity contribution in [3.8, 4) is 5.75 Å². The predicted octanol–water partition coefficient (Wildman–Crippen LogP) is 3.77. The monoisotopic (exact) mass is 307 g/mol. The Morgan fingerprint density at radius 3 is 2.71 bits per heavy atom. The predicted molar refractivity (Wildman–Crippen MR) is 85.8 cm³/mol. The molecule has 0 radical (unpaired) electrons. The number of halogens is 1.